The Balaban J connectivity index is 1.54. The van der Waals surface area contributed by atoms with E-state index in [2.05, 4.69) is 54.4 Å². The Kier molecular flexibility index (Phi) is 5.94. The maximum Gasteiger partial charge on any atom is 0.142 e. The largest absolute Gasteiger partial charge is 0.355 e. The second kappa shape index (κ2) is 8.95. The number of nitrogens with zero attached hydrogens (tertiary/aromatic N) is 5. The monoisotopic (exact) mass is 401 g/mol. The number of aromatic nitrogens is 3. The number of piperidine rings is 1. The number of benzene rings is 1. The highest BCUT2D eigenvalue weighted by Gasteiger charge is 2.24. The van der Waals surface area contributed by atoms with Gasteiger partial charge in [0.1, 0.15) is 29.5 Å². The van der Waals surface area contributed by atoms with Gasteiger partial charge >= 0.3 is 0 Å². The Morgan fingerprint density at radius 2 is 2.30 bits per heavy atom. The summed E-state index contributed by atoms with van der Waals surface area (Å²) < 4.78 is 0. The van der Waals surface area contributed by atoms with Crippen LogP contribution in [-0.2, 0) is 0 Å². The summed E-state index contributed by atoms with van der Waals surface area (Å²) in [6, 6.07) is 12.9. The van der Waals surface area contributed by atoms with Gasteiger partial charge in [0, 0.05) is 37.9 Å². The van der Waals surface area contributed by atoms with Gasteiger partial charge in [0.25, 0.3) is 0 Å². The number of fused-ring (bicyclic) bond motifs is 1. The molecule has 4 rings (SSSR count). The van der Waals surface area contributed by atoms with E-state index >= 15 is 0 Å². The summed E-state index contributed by atoms with van der Waals surface area (Å²) in [5, 5.41) is 13.8. The van der Waals surface area contributed by atoms with Gasteiger partial charge in [-0.25, -0.2) is 9.97 Å². The van der Waals surface area contributed by atoms with Crippen LogP contribution in [0.25, 0.3) is 11.0 Å². The third kappa shape index (κ3) is 3.99. The number of aromatic amines is 1. The molecule has 1 saturated heterocycles. The summed E-state index contributed by atoms with van der Waals surface area (Å²) in [5.41, 5.74) is 3.15. The molecule has 1 aromatic carbocycles. The quantitative estimate of drug-likeness (QED) is 0.490. The van der Waals surface area contributed by atoms with Gasteiger partial charge < -0.3 is 15.2 Å². The van der Waals surface area contributed by atoms with Crippen molar-refractivity contribution >= 4 is 28.4 Å². The first-order valence-corrected chi connectivity index (χ1v) is 10.5. The Bertz CT molecular complexity index is 1080. The van der Waals surface area contributed by atoms with E-state index < -0.39 is 0 Å². The molecule has 2 N–H and O–H groups in total. The summed E-state index contributed by atoms with van der Waals surface area (Å²) >= 11 is 0. The average Bonchev–Trinajstić information content (AvgIpc) is 3.28. The lowest BCUT2D eigenvalue weighted by Gasteiger charge is -2.34. The summed E-state index contributed by atoms with van der Waals surface area (Å²) in [4.78, 5) is 18.7. The van der Waals surface area contributed by atoms with Crippen molar-refractivity contribution in [3.05, 3.63) is 48.4 Å². The number of hydrogen-bond donors (Lipinski definition) is 2. The van der Waals surface area contributed by atoms with Gasteiger partial charge in [0.15, 0.2) is 0 Å². The molecular formula is C23H27N7. The Labute approximate surface area is 176 Å². The highest BCUT2D eigenvalue weighted by molar-refractivity contribution is 5.98. The number of nitriles is 1. The van der Waals surface area contributed by atoms with Gasteiger partial charge in [0.2, 0.25) is 0 Å². The lowest BCUT2D eigenvalue weighted by molar-refractivity contribution is 0.508. The molecule has 3 aromatic rings. The molecule has 0 amide bonds. The zero-order valence-electron chi connectivity index (χ0n) is 17.5. The number of aliphatic imine (C=N–C) groups is 1. The number of hydrogen-bond acceptors (Lipinski definition) is 5. The van der Waals surface area contributed by atoms with E-state index in [4.69, 9.17) is 0 Å². The molecular weight excluding hydrogens is 374 g/mol. The van der Waals surface area contributed by atoms with E-state index in [1.54, 1.807) is 13.4 Å². The zero-order chi connectivity index (χ0) is 20.9. The minimum Gasteiger partial charge on any atom is -0.355 e. The summed E-state index contributed by atoms with van der Waals surface area (Å²) in [7, 11) is 1.73. The van der Waals surface area contributed by atoms with Crippen LogP contribution in [0, 0.1) is 17.2 Å². The van der Waals surface area contributed by atoms with Crippen molar-refractivity contribution < 1.29 is 0 Å². The second-order valence-corrected chi connectivity index (χ2v) is 7.67. The first-order chi connectivity index (χ1) is 14.7. The summed E-state index contributed by atoms with van der Waals surface area (Å²) in [5.74, 6) is 1.92. The molecule has 0 saturated carbocycles. The molecule has 2 unspecified atom stereocenters. The molecule has 7 nitrogen and oxygen atoms in total. The highest BCUT2D eigenvalue weighted by Crippen LogP contribution is 2.32. The van der Waals surface area contributed by atoms with Crippen molar-refractivity contribution in [3.63, 3.8) is 0 Å². The molecule has 0 bridgehead atoms. The van der Waals surface area contributed by atoms with E-state index in [-0.39, 0.29) is 5.92 Å². The van der Waals surface area contributed by atoms with Gasteiger partial charge in [-0.05, 0) is 43.0 Å². The van der Waals surface area contributed by atoms with Crippen LogP contribution in [0.5, 0.6) is 0 Å². The van der Waals surface area contributed by atoms with E-state index in [1.807, 2.05) is 25.3 Å². The molecule has 0 radical (unpaired) electrons. The normalized spacial score (nSPS) is 18.2. The third-order valence-electron chi connectivity index (χ3n) is 5.82. The van der Waals surface area contributed by atoms with Crippen LogP contribution in [0.3, 0.4) is 0 Å². The molecule has 30 heavy (non-hydrogen) atoms. The maximum absolute atomic E-state index is 9.37. The van der Waals surface area contributed by atoms with Crippen molar-refractivity contribution in [1.29, 1.82) is 5.26 Å². The van der Waals surface area contributed by atoms with E-state index in [0.29, 0.717) is 5.92 Å². The van der Waals surface area contributed by atoms with Crippen LogP contribution in [0.4, 0.5) is 11.5 Å². The van der Waals surface area contributed by atoms with Gasteiger partial charge in [0.05, 0.1) is 11.5 Å². The van der Waals surface area contributed by atoms with Gasteiger partial charge in [-0.15, -0.1) is 0 Å². The van der Waals surface area contributed by atoms with Gasteiger partial charge in [-0.1, -0.05) is 19.1 Å². The minimum atomic E-state index is -0.217. The van der Waals surface area contributed by atoms with Crippen LogP contribution in [-0.4, -0.2) is 40.9 Å². The van der Waals surface area contributed by atoms with Gasteiger partial charge in [-0.2, -0.15) is 5.26 Å². The van der Waals surface area contributed by atoms with E-state index in [1.165, 1.54) is 5.56 Å². The molecule has 0 spiro atoms. The summed E-state index contributed by atoms with van der Waals surface area (Å²) in [6.45, 7) is 3.92. The number of anilines is 2. The third-order valence-corrected chi connectivity index (χ3v) is 5.82. The number of H-pyrrole nitrogens is 1. The maximum atomic E-state index is 9.37. The molecule has 2 aromatic heterocycles. The molecule has 154 valence electrons. The minimum absolute atomic E-state index is 0.217. The SMILES string of the molecule is CCC(C#N)C(=NC)Nc1cccc(C2CCCN(c3ncnc4[nH]ccc34)C2)c1. The van der Waals surface area contributed by atoms with Crippen LogP contribution in [0.15, 0.2) is 47.8 Å². The highest BCUT2D eigenvalue weighted by atomic mass is 15.2. The number of nitrogens with one attached hydrogen (secondary N) is 2. The first kappa shape index (κ1) is 19.9. The van der Waals surface area contributed by atoms with Crippen molar-refractivity contribution in [3.8, 4) is 6.07 Å². The van der Waals surface area contributed by atoms with Crippen molar-refractivity contribution in [2.45, 2.75) is 32.1 Å². The Morgan fingerprint density at radius 1 is 1.40 bits per heavy atom. The Hall–Kier alpha value is -3.40. The lowest BCUT2D eigenvalue weighted by atomic mass is 9.90. The molecule has 1 aliphatic rings. The van der Waals surface area contributed by atoms with Crippen molar-refractivity contribution in [2.24, 2.45) is 10.9 Å². The lowest BCUT2D eigenvalue weighted by Crippen LogP contribution is -2.35. The van der Waals surface area contributed by atoms with Crippen molar-refractivity contribution in [1.82, 2.24) is 15.0 Å². The standard InChI is InChI=1S/C23H27N7/c1-3-16(13-24)21(25-2)29-19-8-4-6-17(12-19)18-7-5-11-30(14-18)23-20-9-10-26-22(20)27-15-28-23/h4,6,8-10,12,15-16,18H,3,5,7,11,14H2,1-2H3,(H,25,29)(H,26,27,28). The molecule has 3 heterocycles. The smallest absolute Gasteiger partial charge is 0.142 e. The zero-order valence-corrected chi connectivity index (χ0v) is 17.5. The molecule has 1 fully saturated rings. The fraction of sp³-hybridized carbons (Fsp3) is 0.391. The van der Waals surface area contributed by atoms with E-state index in [9.17, 15) is 5.26 Å². The molecule has 2 atom stereocenters. The fourth-order valence-electron chi connectivity index (χ4n) is 4.22. The van der Waals surface area contributed by atoms with Crippen LogP contribution in [0.2, 0.25) is 0 Å². The van der Waals surface area contributed by atoms with Crippen LogP contribution in [0.1, 0.15) is 37.7 Å². The van der Waals surface area contributed by atoms with Crippen LogP contribution < -0.4 is 10.2 Å². The average molecular weight is 402 g/mol. The van der Waals surface area contributed by atoms with E-state index in [0.717, 1.165) is 60.7 Å². The fourth-order valence-corrected chi connectivity index (χ4v) is 4.22. The number of rotatable bonds is 5. The summed E-state index contributed by atoms with van der Waals surface area (Å²) in [6.07, 6.45) is 6.54. The Morgan fingerprint density at radius 3 is 3.10 bits per heavy atom. The first-order valence-electron chi connectivity index (χ1n) is 10.5. The number of amidine groups is 1. The molecule has 7 heteroatoms. The van der Waals surface area contributed by atoms with Crippen molar-refractivity contribution in [2.75, 3.05) is 30.4 Å². The second-order valence-electron chi connectivity index (χ2n) is 7.67. The molecule has 1 aliphatic heterocycles. The predicted octanol–water partition coefficient (Wildman–Crippen LogP) is 4.33. The predicted molar refractivity (Wildman–Crippen MR) is 121 cm³/mol. The van der Waals surface area contributed by atoms with Crippen LogP contribution >= 0.6 is 0 Å². The molecule has 0 aliphatic carbocycles. The topological polar surface area (TPSA) is 93.0 Å². The van der Waals surface area contributed by atoms with Gasteiger partial charge in [-0.3, -0.25) is 4.99 Å².